The number of hydrogen-bond acceptors (Lipinski definition) is 3. The predicted octanol–water partition coefficient (Wildman–Crippen LogP) is 2.06. The fraction of sp³-hybridized carbons (Fsp3) is 0.818. The molecule has 1 rings (SSSR count). The molecule has 0 amide bonds. The number of thioether (sulfide) groups is 1. The van der Waals surface area contributed by atoms with Crippen LogP contribution in [0, 0.1) is 0 Å². The molecule has 0 bridgehead atoms. The van der Waals surface area contributed by atoms with Crippen LogP contribution >= 0.6 is 11.8 Å². The first-order chi connectivity index (χ1) is 6.74. The van der Waals surface area contributed by atoms with Crippen molar-refractivity contribution in [1.82, 2.24) is 5.32 Å². The predicted molar refractivity (Wildman–Crippen MR) is 64.0 cm³/mol. The van der Waals surface area contributed by atoms with E-state index in [1.807, 2.05) is 11.8 Å². The van der Waals surface area contributed by atoms with Crippen LogP contribution in [-0.2, 0) is 4.74 Å². The van der Waals surface area contributed by atoms with E-state index in [1.54, 1.807) is 0 Å². The third kappa shape index (κ3) is 4.03. The summed E-state index contributed by atoms with van der Waals surface area (Å²) in [7, 11) is 0. The molecule has 2 nitrogen and oxygen atoms in total. The Hall–Kier alpha value is 0.01000. The molecule has 82 valence electrons. The zero-order valence-corrected chi connectivity index (χ0v) is 10.0. The topological polar surface area (TPSA) is 21.3 Å². The zero-order chi connectivity index (χ0) is 10.4. The minimum Gasteiger partial charge on any atom is -0.375 e. The Morgan fingerprint density at radius 3 is 3.00 bits per heavy atom. The van der Waals surface area contributed by atoms with Gasteiger partial charge < -0.3 is 10.1 Å². The van der Waals surface area contributed by atoms with Crippen molar-refractivity contribution in [3.63, 3.8) is 0 Å². The molecule has 1 aliphatic heterocycles. The zero-order valence-electron chi connectivity index (χ0n) is 9.21. The van der Waals surface area contributed by atoms with Crippen molar-refractivity contribution >= 4 is 11.8 Å². The van der Waals surface area contributed by atoms with E-state index in [-0.39, 0.29) is 0 Å². The highest BCUT2D eigenvalue weighted by Gasteiger charge is 2.23. The average Bonchev–Trinajstić information content (AvgIpc) is 2.18. The highest BCUT2D eigenvalue weighted by Crippen LogP contribution is 2.18. The largest absolute Gasteiger partial charge is 0.375 e. The number of nitrogens with one attached hydrogen (secondary N) is 1. The van der Waals surface area contributed by atoms with Crippen molar-refractivity contribution in [2.24, 2.45) is 0 Å². The van der Waals surface area contributed by atoms with Gasteiger partial charge in [-0.25, -0.2) is 0 Å². The molecule has 0 aliphatic carbocycles. The van der Waals surface area contributed by atoms with Crippen LogP contribution in [0.5, 0.6) is 0 Å². The summed E-state index contributed by atoms with van der Waals surface area (Å²) in [4.78, 5) is 0. The highest BCUT2D eigenvalue weighted by molar-refractivity contribution is 7.99. The highest BCUT2D eigenvalue weighted by atomic mass is 32.2. The van der Waals surface area contributed by atoms with E-state index in [9.17, 15) is 0 Å². The molecule has 0 aromatic rings. The Bertz CT molecular complexity index is 178. The van der Waals surface area contributed by atoms with Crippen molar-refractivity contribution in [3.8, 4) is 0 Å². The van der Waals surface area contributed by atoms with Crippen molar-refractivity contribution in [2.75, 3.05) is 24.7 Å². The van der Waals surface area contributed by atoms with Crippen LogP contribution in [-0.4, -0.2) is 36.8 Å². The van der Waals surface area contributed by atoms with E-state index in [0.717, 1.165) is 31.1 Å². The van der Waals surface area contributed by atoms with Crippen molar-refractivity contribution in [3.05, 3.63) is 12.2 Å². The van der Waals surface area contributed by atoms with Gasteiger partial charge in [0.25, 0.3) is 0 Å². The van der Waals surface area contributed by atoms with Crippen LogP contribution < -0.4 is 5.32 Å². The molecular weight excluding hydrogens is 194 g/mol. The Kier molecular flexibility index (Phi) is 5.60. The maximum Gasteiger partial charge on any atom is 0.0821 e. The lowest BCUT2D eigenvalue weighted by Crippen LogP contribution is -2.44. The van der Waals surface area contributed by atoms with E-state index < -0.39 is 0 Å². The van der Waals surface area contributed by atoms with E-state index in [4.69, 9.17) is 4.74 Å². The number of likely N-dealkylation sites (N-methyl/N-ethyl adjacent to an activating group) is 1. The van der Waals surface area contributed by atoms with E-state index in [1.165, 1.54) is 5.57 Å². The van der Waals surface area contributed by atoms with Gasteiger partial charge in [0.15, 0.2) is 0 Å². The summed E-state index contributed by atoms with van der Waals surface area (Å²) in [6, 6.07) is 0.449. The Morgan fingerprint density at radius 1 is 1.71 bits per heavy atom. The van der Waals surface area contributed by atoms with Gasteiger partial charge in [-0.1, -0.05) is 12.5 Å². The third-order valence-electron chi connectivity index (χ3n) is 2.33. The number of ether oxygens (including phenoxy) is 1. The minimum absolute atomic E-state index is 0.366. The quantitative estimate of drug-likeness (QED) is 0.709. The minimum atomic E-state index is 0.366. The average molecular weight is 215 g/mol. The van der Waals surface area contributed by atoms with Crippen LogP contribution in [0.25, 0.3) is 0 Å². The molecule has 0 aromatic carbocycles. The van der Waals surface area contributed by atoms with Gasteiger partial charge in [-0.3, -0.25) is 0 Å². The molecule has 1 aliphatic rings. The number of hydrogen-bond donors (Lipinski definition) is 1. The molecule has 1 N–H and O–H groups in total. The van der Waals surface area contributed by atoms with Gasteiger partial charge in [-0.05, 0) is 19.9 Å². The van der Waals surface area contributed by atoms with E-state index >= 15 is 0 Å². The van der Waals surface area contributed by atoms with Gasteiger partial charge in [-0.2, -0.15) is 11.8 Å². The summed E-state index contributed by atoms with van der Waals surface area (Å²) in [5.41, 5.74) is 1.23. The lowest BCUT2D eigenvalue weighted by molar-refractivity contribution is 0.0476. The molecular formula is C11H21NOS. The molecule has 2 unspecified atom stereocenters. The fourth-order valence-electron chi connectivity index (χ4n) is 1.71. The molecule has 14 heavy (non-hydrogen) atoms. The number of rotatable bonds is 5. The van der Waals surface area contributed by atoms with Crippen LogP contribution in [0.15, 0.2) is 12.2 Å². The SMILES string of the molecule is C=C(C)CC(NCC)C1CSCCO1. The van der Waals surface area contributed by atoms with Gasteiger partial charge >= 0.3 is 0 Å². The first-order valence-corrected chi connectivity index (χ1v) is 6.46. The van der Waals surface area contributed by atoms with Crippen LogP contribution in [0.2, 0.25) is 0 Å². The van der Waals surface area contributed by atoms with Gasteiger partial charge in [0.1, 0.15) is 0 Å². The Balaban J connectivity index is 2.42. The maximum atomic E-state index is 5.77. The van der Waals surface area contributed by atoms with Crippen LogP contribution in [0.3, 0.4) is 0 Å². The normalized spacial score (nSPS) is 24.6. The summed E-state index contributed by atoms with van der Waals surface area (Å²) in [6.07, 6.45) is 1.39. The molecule has 1 heterocycles. The summed E-state index contributed by atoms with van der Waals surface area (Å²) >= 11 is 1.99. The lowest BCUT2D eigenvalue weighted by Gasteiger charge is -2.30. The Labute approximate surface area is 91.5 Å². The first kappa shape index (κ1) is 12.1. The summed E-state index contributed by atoms with van der Waals surface area (Å²) in [5, 5.41) is 3.48. The van der Waals surface area contributed by atoms with Gasteiger partial charge in [0.2, 0.25) is 0 Å². The third-order valence-corrected chi connectivity index (χ3v) is 3.34. The van der Waals surface area contributed by atoms with Gasteiger partial charge in [0.05, 0.1) is 12.7 Å². The van der Waals surface area contributed by atoms with Crippen molar-refractivity contribution in [1.29, 1.82) is 0 Å². The molecule has 1 fully saturated rings. The maximum absolute atomic E-state index is 5.77. The second kappa shape index (κ2) is 6.49. The second-order valence-electron chi connectivity index (χ2n) is 3.81. The van der Waals surface area contributed by atoms with Crippen LogP contribution in [0.4, 0.5) is 0 Å². The molecule has 2 atom stereocenters. The monoisotopic (exact) mass is 215 g/mol. The summed E-state index contributed by atoms with van der Waals surface area (Å²) in [5.74, 6) is 2.26. The standard InChI is InChI=1S/C11H21NOS/c1-4-12-10(7-9(2)3)11-8-14-6-5-13-11/h10-12H,2,4-8H2,1,3H3. The van der Waals surface area contributed by atoms with Gasteiger partial charge in [0, 0.05) is 17.5 Å². The molecule has 0 aromatic heterocycles. The lowest BCUT2D eigenvalue weighted by atomic mass is 10.0. The Morgan fingerprint density at radius 2 is 2.50 bits per heavy atom. The molecule has 0 radical (unpaired) electrons. The molecule has 0 saturated carbocycles. The molecule has 3 heteroatoms. The van der Waals surface area contributed by atoms with Gasteiger partial charge in [-0.15, -0.1) is 6.58 Å². The summed E-state index contributed by atoms with van der Waals surface area (Å²) in [6.45, 7) is 10.1. The van der Waals surface area contributed by atoms with Crippen LogP contribution in [0.1, 0.15) is 20.3 Å². The van der Waals surface area contributed by atoms with E-state index in [2.05, 4.69) is 25.7 Å². The van der Waals surface area contributed by atoms with E-state index in [0.29, 0.717) is 12.1 Å². The summed E-state index contributed by atoms with van der Waals surface area (Å²) < 4.78 is 5.77. The first-order valence-electron chi connectivity index (χ1n) is 5.31. The van der Waals surface area contributed by atoms with Crippen molar-refractivity contribution < 1.29 is 4.74 Å². The second-order valence-corrected chi connectivity index (χ2v) is 4.96. The smallest absolute Gasteiger partial charge is 0.0821 e. The molecule has 0 spiro atoms. The molecule has 1 saturated heterocycles. The van der Waals surface area contributed by atoms with Crippen molar-refractivity contribution in [2.45, 2.75) is 32.4 Å². The fourth-order valence-corrected chi connectivity index (χ4v) is 2.65.